The van der Waals surface area contributed by atoms with Crippen LogP contribution in [0.25, 0.3) is 0 Å². The molecule has 1 aromatic rings. The molecule has 0 unspecified atom stereocenters. The molecule has 1 aromatic carbocycles. The number of hydrogen-bond acceptors (Lipinski definition) is 3. The topological polar surface area (TPSA) is 58.6 Å². The second-order valence-corrected chi connectivity index (χ2v) is 7.35. The Morgan fingerprint density at radius 1 is 1.04 bits per heavy atom. The van der Waals surface area contributed by atoms with Crippen molar-refractivity contribution < 1.29 is 14.3 Å². The van der Waals surface area contributed by atoms with E-state index in [1.165, 1.54) is 19.3 Å². The minimum atomic E-state index is -0.0416. The molecule has 3 rings (SSSR count). The number of para-hydroxylation sites is 2. The number of carbonyl (C=O) groups excluding carboxylic acids is 2. The molecule has 2 amide bonds. The van der Waals surface area contributed by atoms with Gasteiger partial charge in [-0.25, -0.2) is 0 Å². The molecule has 2 aliphatic rings. The monoisotopic (exact) mass is 358 g/mol. The molecule has 0 atom stereocenters. The van der Waals surface area contributed by atoms with Crippen molar-refractivity contribution in [3.05, 3.63) is 24.3 Å². The molecule has 5 heteroatoms. The lowest BCUT2D eigenvalue weighted by molar-refractivity contribution is -0.139. The quantitative estimate of drug-likeness (QED) is 0.870. The van der Waals surface area contributed by atoms with Crippen molar-refractivity contribution in [2.75, 3.05) is 25.0 Å². The van der Waals surface area contributed by atoms with E-state index in [9.17, 15) is 9.59 Å². The Hall–Kier alpha value is -2.04. The summed E-state index contributed by atoms with van der Waals surface area (Å²) in [7, 11) is 0. The second-order valence-electron chi connectivity index (χ2n) is 7.35. The van der Waals surface area contributed by atoms with Crippen molar-refractivity contribution in [2.24, 2.45) is 11.8 Å². The number of amides is 2. The molecule has 1 saturated heterocycles. The Labute approximate surface area is 156 Å². The lowest BCUT2D eigenvalue weighted by Crippen LogP contribution is -2.44. The van der Waals surface area contributed by atoms with Gasteiger partial charge in [0.05, 0.1) is 12.3 Å². The van der Waals surface area contributed by atoms with Gasteiger partial charge in [0.25, 0.3) is 0 Å². The zero-order valence-electron chi connectivity index (χ0n) is 15.7. The van der Waals surface area contributed by atoms with Crippen LogP contribution in [0.1, 0.15) is 51.9 Å². The second kappa shape index (κ2) is 9.06. The van der Waals surface area contributed by atoms with E-state index in [1.54, 1.807) is 0 Å². The number of nitrogens with one attached hydrogen (secondary N) is 1. The fraction of sp³-hybridized carbons (Fsp3) is 0.619. The Kier molecular flexibility index (Phi) is 6.53. The molecular weight excluding hydrogens is 328 g/mol. The van der Waals surface area contributed by atoms with E-state index in [0.29, 0.717) is 31.4 Å². The molecule has 5 nitrogen and oxygen atoms in total. The van der Waals surface area contributed by atoms with Gasteiger partial charge in [0.2, 0.25) is 11.8 Å². The van der Waals surface area contributed by atoms with Crippen LogP contribution >= 0.6 is 0 Å². The van der Waals surface area contributed by atoms with Gasteiger partial charge in [-0.3, -0.25) is 9.59 Å². The van der Waals surface area contributed by atoms with E-state index >= 15 is 0 Å². The highest BCUT2D eigenvalue weighted by atomic mass is 16.5. The van der Waals surface area contributed by atoms with Crippen LogP contribution in [-0.4, -0.2) is 36.4 Å². The average molecular weight is 358 g/mol. The van der Waals surface area contributed by atoms with Crippen LogP contribution in [0.4, 0.5) is 5.69 Å². The van der Waals surface area contributed by atoms with E-state index in [1.807, 2.05) is 36.1 Å². The normalized spacial score (nSPS) is 19.2. The van der Waals surface area contributed by atoms with Crippen LogP contribution in [0, 0.1) is 11.8 Å². The van der Waals surface area contributed by atoms with Crippen LogP contribution in [0.5, 0.6) is 5.75 Å². The first-order valence-corrected chi connectivity index (χ1v) is 10.0. The molecule has 0 radical (unpaired) electrons. The zero-order chi connectivity index (χ0) is 18.4. The van der Waals surface area contributed by atoms with Crippen molar-refractivity contribution >= 4 is 17.5 Å². The van der Waals surface area contributed by atoms with Crippen molar-refractivity contribution in [1.82, 2.24) is 4.90 Å². The summed E-state index contributed by atoms with van der Waals surface area (Å²) in [6.07, 6.45) is 7.15. The molecule has 142 valence electrons. The number of likely N-dealkylation sites (tertiary alicyclic amines) is 1. The largest absolute Gasteiger partial charge is 0.492 e. The van der Waals surface area contributed by atoms with Gasteiger partial charge in [0, 0.05) is 24.9 Å². The third kappa shape index (κ3) is 4.57. The van der Waals surface area contributed by atoms with Gasteiger partial charge < -0.3 is 15.0 Å². The van der Waals surface area contributed by atoms with E-state index in [4.69, 9.17) is 4.74 Å². The maximum atomic E-state index is 12.6. The molecule has 0 spiro atoms. The van der Waals surface area contributed by atoms with Crippen molar-refractivity contribution in [1.29, 1.82) is 0 Å². The number of hydrogen-bond donors (Lipinski definition) is 1. The highest BCUT2D eigenvalue weighted by molar-refractivity contribution is 5.94. The molecule has 0 bridgehead atoms. The smallest absolute Gasteiger partial charge is 0.227 e. The summed E-state index contributed by atoms with van der Waals surface area (Å²) in [5, 5.41) is 3.01. The van der Waals surface area contributed by atoms with Crippen LogP contribution in [0.2, 0.25) is 0 Å². The van der Waals surface area contributed by atoms with E-state index in [-0.39, 0.29) is 17.7 Å². The molecule has 1 heterocycles. The molecule has 1 saturated carbocycles. The summed E-state index contributed by atoms with van der Waals surface area (Å²) >= 11 is 0. The van der Waals surface area contributed by atoms with Crippen molar-refractivity contribution in [3.8, 4) is 5.75 Å². The summed E-state index contributed by atoms with van der Waals surface area (Å²) < 4.78 is 5.57. The predicted molar refractivity (Wildman–Crippen MR) is 102 cm³/mol. The van der Waals surface area contributed by atoms with Gasteiger partial charge >= 0.3 is 0 Å². The minimum Gasteiger partial charge on any atom is -0.492 e. The lowest BCUT2D eigenvalue weighted by atomic mass is 9.87. The first-order valence-electron chi connectivity index (χ1n) is 10.0. The van der Waals surface area contributed by atoms with Crippen LogP contribution < -0.4 is 10.1 Å². The molecular formula is C21H30N2O3. The highest BCUT2D eigenvalue weighted by Crippen LogP contribution is 2.29. The van der Waals surface area contributed by atoms with Crippen LogP contribution in [-0.2, 0) is 9.59 Å². The number of rotatable bonds is 5. The number of anilines is 1. The number of ether oxygens (including phenoxy) is 1. The fourth-order valence-corrected chi connectivity index (χ4v) is 4.06. The zero-order valence-corrected chi connectivity index (χ0v) is 15.7. The standard InChI is InChI=1S/C21H30N2O3/c1-2-26-19-11-7-6-10-18(19)22-20(24)16-12-14-23(15-13-16)21(25)17-8-4-3-5-9-17/h6-7,10-11,16-17H,2-5,8-9,12-15H2,1H3,(H,22,24). The number of nitrogens with zero attached hydrogens (tertiary/aromatic N) is 1. The summed E-state index contributed by atoms with van der Waals surface area (Å²) in [5.41, 5.74) is 0.722. The van der Waals surface area contributed by atoms with Crippen LogP contribution in [0.15, 0.2) is 24.3 Å². The Morgan fingerprint density at radius 2 is 1.73 bits per heavy atom. The summed E-state index contributed by atoms with van der Waals surface area (Å²) in [4.78, 5) is 27.3. The van der Waals surface area contributed by atoms with E-state index in [2.05, 4.69) is 5.32 Å². The van der Waals surface area contributed by atoms with Crippen molar-refractivity contribution in [3.63, 3.8) is 0 Å². The van der Waals surface area contributed by atoms with Gasteiger partial charge in [-0.15, -0.1) is 0 Å². The maximum absolute atomic E-state index is 12.6. The van der Waals surface area contributed by atoms with Gasteiger partial charge in [-0.05, 0) is 44.7 Å². The number of carbonyl (C=O) groups is 2. The molecule has 1 aliphatic carbocycles. The molecule has 0 aromatic heterocycles. The molecule has 1 aliphatic heterocycles. The Balaban J connectivity index is 1.51. The first kappa shape index (κ1) is 18.7. The first-order chi connectivity index (χ1) is 12.7. The van der Waals surface area contributed by atoms with Crippen LogP contribution in [0.3, 0.4) is 0 Å². The third-order valence-corrected chi connectivity index (χ3v) is 5.58. The Bertz CT molecular complexity index is 617. The fourth-order valence-electron chi connectivity index (χ4n) is 4.06. The van der Waals surface area contributed by atoms with Gasteiger partial charge in [-0.1, -0.05) is 31.4 Å². The lowest BCUT2D eigenvalue weighted by Gasteiger charge is -2.34. The van der Waals surface area contributed by atoms with E-state index in [0.717, 1.165) is 31.4 Å². The molecule has 2 fully saturated rings. The van der Waals surface area contributed by atoms with Crippen molar-refractivity contribution in [2.45, 2.75) is 51.9 Å². The predicted octanol–water partition coefficient (Wildman–Crippen LogP) is 3.84. The summed E-state index contributed by atoms with van der Waals surface area (Å²) in [6.45, 7) is 3.88. The number of piperidine rings is 1. The molecule has 26 heavy (non-hydrogen) atoms. The number of benzene rings is 1. The average Bonchev–Trinajstić information content (AvgIpc) is 2.70. The summed E-state index contributed by atoms with van der Waals surface area (Å²) in [6, 6.07) is 7.52. The highest BCUT2D eigenvalue weighted by Gasteiger charge is 2.31. The minimum absolute atomic E-state index is 0.0296. The molecule has 1 N–H and O–H groups in total. The summed E-state index contributed by atoms with van der Waals surface area (Å²) in [5.74, 6) is 1.22. The van der Waals surface area contributed by atoms with Gasteiger partial charge in [-0.2, -0.15) is 0 Å². The Morgan fingerprint density at radius 3 is 2.42 bits per heavy atom. The third-order valence-electron chi connectivity index (χ3n) is 5.58. The SMILES string of the molecule is CCOc1ccccc1NC(=O)C1CCN(C(=O)C2CCCCC2)CC1. The van der Waals surface area contributed by atoms with Gasteiger partial charge in [0.1, 0.15) is 5.75 Å². The maximum Gasteiger partial charge on any atom is 0.227 e. The van der Waals surface area contributed by atoms with Gasteiger partial charge in [0.15, 0.2) is 0 Å². The van der Waals surface area contributed by atoms with E-state index < -0.39 is 0 Å².